The van der Waals surface area contributed by atoms with Gasteiger partial charge in [-0.1, -0.05) is 70.4 Å². The van der Waals surface area contributed by atoms with Crippen molar-refractivity contribution in [1.82, 2.24) is 0 Å². The molecule has 0 aliphatic carbocycles. The molecule has 26 heavy (non-hydrogen) atoms. The minimum absolute atomic E-state index is 0. The van der Waals surface area contributed by atoms with E-state index in [1.807, 2.05) is 0 Å². The number of allylic oxidation sites excluding steroid dienone is 2. The first-order chi connectivity index (χ1) is 11.8. The molecular formula is C18H37NaO6S. The van der Waals surface area contributed by atoms with Gasteiger partial charge in [0.05, 0.1) is 0 Å². The van der Waals surface area contributed by atoms with Crippen LogP contribution in [0.1, 0.15) is 96.8 Å². The first-order valence-corrected chi connectivity index (χ1v) is 10.7. The Morgan fingerprint density at radius 3 is 1.50 bits per heavy atom. The molecule has 6 nitrogen and oxygen atoms in total. The van der Waals surface area contributed by atoms with Crippen molar-refractivity contribution in [1.29, 1.82) is 0 Å². The van der Waals surface area contributed by atoms with Crippen LogP contribution in [-0.2, 0) is 15.2 Å². The molecule has 0 amide bonds. The van der Waals surface area contributed by atoms with Crippen molar-refractivity contribution in [3.63, 3.8) is 0 Å². The summed E-state index contributed by atoms with van der Waals surface area (Å²) in [5, 5.41) is 8.51. The third-order valence-electron chi connectivity index (χ3n) is 3.65. The second-order valence-electron chi connectivity index (χ2n) is 6.18. The van der Waals surface area contributed by atoms with Crippen LogP contribution in [0.5, 0.6) is 0 Å². The van der Waals surface area contributed by atoms with Crippen LogP contribution in [0.3, 0.4) is 0 Å². The third kappa shape index (κ3) is 44.0. The second-order valence-corrected chi connectivity index (χ2v) is 7.07. The van der Waals surface area contributed by atoms with Crippen molar-refractivity contribution in [2.45, 2.75) is 96.8 Å². The standard InChI is InChI=1S/C18H34O2.Na.H2O4S.H/c1-2-3-4-5-6-7-8-9-10-11-12-13-14-15-16-17-18(19)20;;1-5(2,3)4;/h9-10H,2-8,11-17H2,1H3,(H,19,20);;(H2,1,2,3,4);. The molecule has 0 aliphatic heterocycles. The maximum absolute atomic E-state index is 10.3. The predicted molar refractivity (Wildman–Crippen MR) is 108 cm³/mol. The van der Waals surface area contributed by atoms with Gasteiger partial charge >= 0.3 is 45.9 Å². The number of aliphatic carboxylic acids is 1. The SMILES string of the molecule is CCCCCCCCC=CCCCCCCCC(=O)O.O=S(=O)(O)O.[NaH]. The fourth-order valence-electron chi connectivity index (χ4n) is 2.35. The van der Waals surface area contributed by atoms with Gasteiger partial charge in [0, 0.05) is 6.42 Å². The predicted octanol–water partition coefficient (Wildman–Crippen LogP) is 4.81. The molecule has 0 radical (unpaired) electrons. The van der Waals surface area contributed by atoms with E-state index >= 15 is 0 Å². The molecule has 0 saturated heterocycles. The Hall–Kier alpha value is 0.0800. The van der Waals surface area contributed by atoms with Crippen LogP contribution in [0.15, 0.2) is 12.2 Å². The molecule has 0 aromatic heterocycles. The Balaban J connectivity index is -0.000000772. The number of carboxylic acids is 1. The van der Waals surface area contributed by atoms with Crippen LogP contribution in [0, 0.1) is 0 Å². The van der Waals surface area contributed by atoms with Gasteiger partial charge in [-0.25, -0.2) is 0 Å². The summed E-state index contributed by atoms with van der Waals surface area (Å²) in [6.07, 6.45) is 21.2. The van der Waals surface area contributed by atoms with Gasteiger partial charge in [-0.2, -0.15) is 8.42 Å². The molecule has 8 heteroatoms. The summed E-state index contributed by atoms with van der Waals surface area (Å²) in [4.78, 5) is 10.3. The topological polar surface area (TPSA) is 112 Å². The minimum atomic E-state index is -4.67. The number of rotatable bonds is 15. The number of carbonyl (C=O) groups is 1. The molecular weight excluding hydrogens is 367 g/mol. The normalized spacial score (nSPS) is 10.9. The van der Waals surface area contributed by atoms with Gasteiger partial charge in [0.1, 0.15) is 0 Å². The summed E-state index contributed by atoms with van der Waals surface area (Å²) in [5.41, 5.74) is 0. The Labute approximate surface area is 181 Å². The molecule has 0 unspecified atom stereocenters. The summed E-state index contributed by atoms with van der Waals surface area (Å²) >= 11 is 0. The van der Waals surface area contributed by atoms with Gasteiger partial charge in [0.2, 0.25) is 0 Å². The summed E-state index contributed by atoms with van der Waals surface area (Å²) in [6, 6.07) is 0. The third-order valence-corrected chi connectivity index (χ3v) is 3.65. The molecule has 152 valence electrons. The van der Waals surface area contributed by atoms with E-state index in [9.17, 15) is 4.79 Å². The van der Waals surface area contributed by atoms with E-state index in [0.29, 0.717) is 6.42 Å². The van der Waals surface area contributed by atoms with Crippen molar-refractivity contribution in [3.8, 4) is 0 Å². The Bertz CT molecular complexity index is 415. The van der Waals surface area contributed by atoms with E-state index in [0.717, 1.165) is 12.8 Å². The first kappa shape index (κ1) is 30.8. The maximum atomic E-state index is 10.3. The average molecular weight is 405 g/mol. The quantitative estimate of drug-likeness (QED) is 0.156. The molecule has 0 bridgehead atoms. The molecule has 0 rings (SSSR count). The van der Waals surface area contributed by atoms with Crippen LogP contribution in [0.25, 0.3) is 0 Å². The van der Waals surface area contributed by atoms with Crippen LogP contribution >= 0.6 is 0 Å². The molecule has 0 saturated carbocycles. The number of hydrogen-bond donors (Lipinski definition) is 3. The molecule has 0 fully saturated rings. The zero-order valence-electron chi connectivity index (χ0n) is 15.5. The Kier molecular flexibility index (Phi) is 27.4. The van der Waals surface area contributed by atoms with Gasteiger partial charge in [0.25, 0.3) is 0 Å². The van der Waals surface area contributed by atoms with Crippen LogP contribution in [-0.4, -0.2) is 58.2 Å². The number of unbranched alkanes of at least 4 members (excludes halogenated alkanes) is 11. The van der Waals surface area contributed by atoms with Gasteiger partial charge in [0.15, 0.2) is 0 Å². The van der Waals surface area contributed by atoms with E-state index in [1.165, 1.54) is 70.6 Å². The van der Waals surface area contributed by atoms with Gasteiger partial charge < -0.3 is 5.11 Å². The number of carboxylic acid groups (broad SMARTS) is 1. The fraction of sp³-hybridized carbons (Fsp3) is 0.833. The van der Waals surface area contributed by atoms with Gasteiger partial charge in [-0.15, -0.1) is 0 Å². The molecule has 0 aromatic carbocycles. The van der Waals surface area contributed by atoms with Crippen LogP contribution in [0.2, 0.25) is 0 Å². The van der Waals surface area contributed by atoms with Crippen LogP contribution in [0.4, 0.5) is 0 Å². The molecule has 0 aliphatic rings. The zero-order chi connectivity index (χ0) is 19.4. The van der Waals surface area contributed by atoms with Gasteiger partial charge in [-0.3, -0.25) is 13.9 Å². The Morgan fingerprint density at radius 2 is 1.12 bits per heavy atom. The summed E-state index contributed by atoms with van der Waals surface area (Å²) in [7, 11) is -4.67. The molecule has 0 heterocycles. The molecule has 0 spiro atoms. The van der Waals surface area contributed by atoms with E-state index in [2.05, 4.69) is 19.1 Å². The van der Waals surface area contributed by atoms with E-state index in [1.54, 1.807) is 0 Å². The van der Waals surface area contributed by atoms with Gasteiger partial charge in [-0.05, 0) is 32.1 Å². The summed E-state index contributed by atoms with van der Waals surface area (Å²) in [5.74, 6) is -0.664. The fourth-order valence-corrected chi connectivity index (χ4v) is 2.35. The summed E-state index contributed by atoms with van der Waals surface area (Å²) < 4.78 is 31.6. The van der Waals surface area contributed by atoms with Crippen LogP contribution < -0.4 is 0 Å². The number of hydrogen-bond acceptors (Lipinski definition) is 3. The zero-order valence-corrected chi connectivity index (χ0v) is 16.3. The molecule has 0 atom stereocenters. The van der Waals surface area contributed by atoms with Crippen molar-refractivity contribution >= 4 is 45.9 Å². The van der Waals surface area contributed by atoms with Crippen molar-refractivity contribution < 1.29 is 27.4 Å². The summed E-state index contributed by atoms with van der Waals surface area (Å²) in [6.45, 7) is 2.26. The molecule has 0 aromatic rings. The second kappa shape index (κ2) is 23.1. The van der Waals surface area contributed by atoms with Crippen molar-refractivity contribution in [2.24, 2.45) is 0 Å². The van der Waals surface area contributed by atoms with Crippen molar-refractivity contribution in [2.75, 3.05) is 0 Å². The van der Waals surface area contributed by atoms with Crippen molar-refractivity contribution in [3.05, 3.63) is 12.2 Å². The van der Waals surface area contributed by atoms with E-state index < -0.39 is 16.4 Å². The first-order valence-electron chi connectivity index (χ1n) is 9.34. The van der Waals surface area contributed by atoms with E-state index in [-0.39, 0.29) is 29.6 Å². The average Bonchev–Trinajstić information content (AvgIpc) is 2.49. The van der Waals surface area contributed by atoms with E-state index in [4.69, 9.17) is 22.6 Å². The molecule has 3 N–H and O–H groups in total. The monoisotopic (exact) mass is 404 g/mol. The Morgan fingerprint density at radius 1 is 0.769 bits per heavy atom.